The maximum atomic E-state index is 5.19. The third-order valence-electron chi connectivity index (χ3n) is 1.97. The van der Waals surface area contributed by atoms with Gasteiger partial charge in [-0.3, -0.25) is 0 Å². The molecule has 1 aromatic carbocycles. The van der Waals surface area contributed by atoms with Gasteiger partial charge in [0.25, 0.3) is 0 Å². The van der Waals surface area contributed by atoms with Crippen LogP contribution in [0.1, 0.15) is 0 Å². The van der Waals surface area contributed by atoms with Crippen LogP contribution >= 0.6 is 11.5 Å². The van der Waals surface area contributed by atoms with E-state index in [1.54, 1.807) is 14.2 Å². The summed E-state index contributed by atoms with van der Waals surface area (Å²) in [6.45, 7) is 0. The summed E-state index contributed by atoms with van der Waals surface area (Å²) >= 11 is 1.20. The normalized spacial score (nSPS) is 10.0. The third kappa shape index (κ3) is 1.92. The molecule has 2 rings (SSSR count). The summed E-state index contributed by atoms with van der Waals surface area (Å²) in [5, 5.41) is 0. The Morgan fingerprint density at radius 1 is 1.20 bits per heavy atom. The zero-order chi connectivity index (χ0) is 10.7. The van der Waals surface area contributed by atoms with Crippen LogP contribution in [-0.4, -0.2) is 23.6 Å². The molecule has 1 radical (unpaired) electrons. The average molecular weight is 221 g/mol. The molecule has 0 spiro atoms. The molecule has 1 aromatic heterocycles. The van der Waals surface area contributed by atoms with Gasteiger partial charge >= 0.3 is 0 Å². The number of aromatic nitrogens is 2. The lowest BCUT2D eigenvalue weighted by atomic mass is 10.2. The van der Waals surface area contributed by atoms with E-state index in [1.165, 1.54) is 11.5 Å². The van der Waals surface area contributed by atoms with E-state index in [4.69, 9.17) is 9.47 Å². The Labute approximate surface area is 91.7 Å². The SMILES string of the molecule is COc1ccc(-c2n[c]sn2)cc1OC. The number of nitrogens with zero attached hydrogens (tertiary/aromatic N) is 2. The molecule has 1 heterocycles. The second-order valence-corrected chi connectivity index (χ2v) is 3.33. The highest BCUT2D eigenvalue weighted by Crippen LogP contribution is 2.30. The van der Waals surface area contributed by atoms with E-state index in [9.17, 15) is 0 Å². The minimum Gasteiger partial charge on any atom is -0.493 e. The second-order valence-electron chi connectivity index (χ2n) is 2.78. The Kier molecular flexibility index (Phi) is 2.82. The van der Waals surface area contributed by atoms with Gasteiger partial charge in [-0.1, -0.05) is 0 Å². The molecule has 15 heavy (non-hydrogen) atoms. The molecule has 0 N–H and O–H groups in total. The van der Waals surface area contributed by atoms with E-state index in [0.717, 1.165) is 5.56 Å². The van der Waals surface area contributed by atoms with Crippen molar-refractivity contribution in [2.75, 3.05) is 14.2 Å². The highest BCUT2D eigenvalue weighted by atomic mass is 32.1. The molecule has 0 bridgehead atoms. The lowest BCUT2D eigenvalue weighted by Gasteiger charge is -2.07. The molecule has 0 unspecified atom stereocenters. The van der Waals surface area contributed by atoms with Crippen molar-refractivity contribution in [3.63, 3.8) is 0 Å². The van der Waals surface area contributed by atoms with Gasteiger partial charge in [0.1, 0.15) is 0 Å². The standard InChI is InChI=1S/C10H9N2O2S/c1-13-8-4-3-7(5-9(8)14-2)10-11-6-15-12-10/h3-5H,1-2H3. The fourth-order valence-electron chi connectivity index (χ4n) is 1.24. The Hall–Kier alpha value is -1.62. The third-order valence-corrected chi connectivity index (χ3v) is 2.40. The maximum Gasteiger partial charge on any atom is 0.174 e. The number of ether oxygens (including phenoxy) is 2. The Morgan fingerprint density at radius 3 is 2.60 bits per heavy atom. The van der Waals surface area contributed by atoms with Crippen LogP contribution in [-0.2, 0) is 0 Å². The van der Waals surface area contributed by atoms with Crippen LogP contribution in [0.15, 0.2) is 18.2 Å². The van der Waals surface area contributed by atoms with Crippen LogP contribution in [0, 0.1) is 5.51 Å². The number of rotatable bonds is 3. The predicted molar refractivity (Wildman–Crippen MR) is 57.3 cm³/mol. The zero-order valence-corrected chi connectivity index (χ0v) is 9.17. The first-order chi connectivity index (χ1) is 7.35. The summed E-state index contributed by atoms with van der Waals surface area (Å²) in [6.07, 6.45) is 0. The first-order valence-corrected chi connectivity index (χ1v) is 5.04. The first kappa shape index (κ1) is 9.92. The van der Waals surface area contributed by atoms with Crippen LogP contribution in [0.2, 0.25) is 0 Å². The zero-order valence-electron chi connectivity index (χ0n) is 8.35. The largest absolute Gasteiger partial charge is 0.493 e. The molecule has 0 saturated carbocycles. The fraction of sp³-hybridized carbons (Fsp3) is 0.200. The molecule has 0 aliphatic carbocycles. The highest BCUT2D eigenvalue weighted by molar-refractivity contribution is 7.02. The van der Waals surface area contributed by atoms with Crippen molar-refractivity contribution < 1.29 is 9.47 Å². The van der Waals surface area contributed by atoms with E-state index >= 15 is 0 Å². The summed E-state index contributed by atoms with van der Waals surface area (Å²) in [6, 6.07) is 5.56. The summed E-state index contributed by atoms with van der Waals surface area (Å²) < 4.78 is 14.4. The van der Waals surface area contributed by atoms with E-state index in [0.29, 0.717) is 17.3 Å². The highest BCUT2D eigenvalue weighted by Gasteiger charge is 2.07. The number of hydrogen-bond donors (Lipinski definition) is 0. The Balaban J connectivity index is 2.43. The Morgan fingerprint density at radius 2 is 2.00 bits per heavy atom. The molecule has 4 nitrogen and oxygen atoms in total. The van der Waals surface area contributed by atoms with Crippen LogP contribution in [0.5, 0.6) is 11.5 Å². The molecule has 0 atom stereocenters. The van der Waals surface area contributed by atoms with Gasteiger partial charge in [-0.2, -0.15) is 4.37 Å². The van der Waals surface area contributed by atoms with E-state index in [1.807, 2.05) is 18.2 Å². The van der Waals surface area contributed by atoms with Gasteiger partial charge in [0.05, 0.1) is 14.2 Å². The summed E-state index contributed by atoms with van der Waals surface area (Å²) in [5.41, 5.74) is 3.60. The van der Waals surface area contributed by atoms with Gasteiger partial charge in [-0.05, 0) is 29.7 Å². The smallest absolute Gasteiger partial charge is 0.174 e. The van der Waals surface area contributed by atoms with Crippen molar-refractivity contribution in [1.82, 2.24) is 9.36 Å². The number of methoxy groups -OCH3 is 2. The van der Waals surface area contributed by atoms with Gasteiger partial charge in [-0.25, -0.2) is 4.98 Å². The lowest BCUT2D eigenvalue weighted by Crippen LogP contribution is -1.91. The van der Waals surface area contributed by atoms with Crippen LogP contribution in [0.4, 0.5) is 0 Å². The number of hydrogen-bond acceptors (Lipinski definition) is 5. The van der Waals surface area contributed by atoms with Crippen LogP contribution < -0.4 is 9.47 Å². The molecule has 0 saturated heterocycles. The van der Waals surface area contributed by atoms with Crippen molar-refractivity contribution in [3.8, 4) is 22.9 Å². The van der Waals surface area contributed by atoms with Gasteiger partial charge in [0, 0.05) is 5.56 Å². The Bertz CT molecular complexity index is 443. The molecule has 0 amide bonds. The van der Waals surface area contributed by atoms with Gasteiger partial charge in [0.2, 0.25) is 0 Å². The van der Waals surface area contributed by atoms with Crippen LogP contribution in [0.25, 0.3) is 11.4 Å². The molecule has 0 aliphatic heterocycles. The molecule has 77 valence electrons. The predicted octanol–water partition coefficient (Wildman–Crippen LogP) is 2.02. The molecule has 5 heteroatoms. The minimum absolute atomic E-state index is 0.654. The van der Waals surface area contributed by atoms with Crippen LogP contribution in [0.3, 0.4) is 0 Å². The second kappa shape index (κ2) is 4.27. The molecule has 0 aliphatic rings. The molecular formula is C10H9N2O2S. The van der Waals surface area contributed by atoms with Gasteiger partial charge in [-0.15, -0.1) is 0 Å². The van der Waals surface area contributed by atoms with Gasteiger partial charge in [0.15, 0.2) is 22.8 Å². The molecule has 0 fully saturated rings. The quantitative estimate of drug-likeness (QED) is 0.795. The van der Waals surface area contributed by atoms with Crippen molar-refractivity contribution >= 4 is 11.5 Å². The average Bonchev–Trinajstić information content (AvgIpc) is 2.81. The maximum absolute atomic E-state index is 5.19. The first-order valence-electron chi connectivity index (χ1n) is 4.27. The van der Waals surface area contributed by atoms with Crippen molar-refractivity contribution in [3.05, 3.63) is 23.7 Å². The number of benzene rings is 1. The van der Waals surface area contributed by atoms with E-state index in [-0.39, 0.29) is 0 Å². The minimum atomic E-state index is 0.654. The van der Waals surface area contributed by atoms with Crippen molar-refractivity contribution in [2.45, 2.75) is 0 Å². The van der Waals surface area contributed by atoms with Crippen molar-refractivity contribution in [2.24, 2.45) is 0 Å². The van der Waals surface area contributed by atoms with E-state index < -0.39 is 0 Å². The molecular weight excluding hydrogens is 212 g/mol. The van der Waals surface area contributed by atoms with E-state index in [2.05, 4.69) is 14.9 Å². The summed E-state index contributed by atoms with van der Waals surface area (Å²) in [7, 11) is 3.20. The summed E-state index contributed by atoms with van der Waals surface area (Å²) in [5.74, 6) is 2.02. The van der Waals surface area contributed by atoms with Gasteiger partial charge < -0.3 is 9.47 Å². The topological polar surface area (TPSA) is 44.2 Å². The lowest BCUT2D eigenvalue weighted by molar-refractivity contribution is 0.355. The molecule has 2 aromatic rings. The summed E-state index contributed by atoms with van der Waals surface area (Å²) in [4.78, 5) is 4.00. The fourth-order valence-corrected chi connectivity index (χ4v) is 1.64. The monoisotopic (exact) mass is 221 g/mol. The van der Waals surface area contributed by atoms with Crippen molar-refractivity contribution in [1.29, 1.82) is 0 Å².